The van der Waals surface area contributed by atoms with Crippen molar-refractivity contribution < 1.29 is 18.3 Å². The third-order valence-electron chi connectivity index (χ3n) is 3.31. The van der Waals surface area contributed by atoms with Gasteiger partial charge in [-0.3, -0.25) is 4.99 Å². The fourth-order valence-corrected chi connectivity index (χ4v) is 2.17. The lowest BCUT2D eigenvalue weighted by Gasteiger charge is -2.19. The molecule has 1 aromatic carbocycles. The van der Waals surface area contributed by atoms with Crippen LogP contribution in [0.2, 0.25) is 0 Å². The van der Waals surface area contributed by atoms with Gasteiger partial charge in [-0.1, -0.05) is 0 Å². The molecule has 1 aromatic rings. The first-order valence-corrected chi connectivity index (χ1v) is 9.14. The number of ether oxygens (including phenoxy) is 1. The first kappa shape index (κ1) is 22.7. The van der Waals surface area contributed by atoms with Crippen molar-refractivity contribution in [2.45, 2.75) is 46.1 Å². The van der Waals surface area contributed by atoms with Gasteiger partial charge in [0.1, 0.15) is 17.2 Å². The van der Waals surface area contributed by atoms with Gasteiger partial charge in [-0.05, 0) is 64.3 Å². The van der Waals surface area contributed by atoms with E-state index in [4.69, 9.17) is 4.74 Å². The maximum Gasteiger partial charge on any atom is 0.407 e. The topological polar surface area (TPSA) is 74.8 Å². The molecule has 3 N–H and O–H groups in total. The van der Waals surface area contributed by atoms with Gasteiger partial charge in [-0.25, -0.2) is 13.6 Å². The van der Waals surface area contributed by atoms with Crippen LogP contribution in [0.15, 0.2) is 23.2 Å². The van der Waals surface area contributed by atoms with Crippen LogP contribution in [0.25, 0.3) is 0 Å². The van der Waals surface area contributed by atoms with Crippen molar-refractivity contribution in [3.8, 4) is 0 Å². The Morgan fingerprint density at radius 3 is 2.56 bits per heavy atom. The van der Waals surface area contributed by atoms with Gasteiger partial charge in [0.25, 0.3) is 0 Å². The molecule has 0 aliphatic carbocycles. The van der Waals surface area contributed by atoms with Crippen LogP contribution in [-0.2, 0) is 11.2 Å². The Morgan fingerprint density at radius 2 is 1.89 bits per heavy atom. The number of nitrogens with one attached hydrogen (secondary N) is 3. The molecule has 1 amide bonds. The molecule has 0 saturated carbocycles. The molecule has 0 aliphatic rings. The molecule has 0 aromatic heterocycles. The number of benzene rings is 1. The molecule has 0 aliphatic heterocycles. The molecular weight excluding hydrogens is 354 g/mol. The zero-order valence-electron chi connectivity index (χ0n) is 16.5. The van der Waals surface area contributed by atoms with Crippen LogP contribution in [0.1, 0.15) is 39.7 Å². The minimum atomic E-state index is -0.522. The summed E-state index contributed by atoms with van der Waals surface area (Å²) in [7, 11) is 0. The number of amides is 1. The summed E-state index contributed by atoms with van der Waals surface area (Å²) >= 11 is 0. The van der Waals surface area contributed by atoms with E-state index in [-0.39, 0.29) is 0 Å². The van der Waals surface area contributed by atoms with Gasteiger partial charge in [-0.2, -0.15) is 0 Å². The largest absolute Gasteiger partial charge is 0.444 e. The summed E-state index contributed by atoms with van der Waals surface area (Å²) in [4.78, 5) is 15.9. The minimum absolute atomic E-state index is 0.319. The van der Waals surface area contributed by atoms with Gasteiger partial charge in [0.15, 0.2) is 5.96 Å². The number of hydrogen-bond donors (Lipinski definition) is 3. The third-order valence-corrected chi connectivity index (χ3v) is 3.31. The minimum Gasteiger partial charge on any atom is -0.444 e. The van der Waals surface area contributed by atoms with Crippen LogP contribution in [-0.4, -0.2) is 43.8 Å². The highest BCUT2D eigenvalue weighted by molar-refractivity contribution is 5.79. The highest BCUT2D eigenvalue weighted by Crippen LogP contribution is 2.09. The van der Waals surface area contributed by atoms with E-state index in [0.717, 1.165) is 12.1 Å². The van der Waals surface area contributed by atoms with Crippen LogP contribution in [0.3, 0.4) is 0 Å². The van der Waals surface area contributed by atoms with Crippen molar-refractivity contribution in [3.05, 3.63) is 35.4 Å². The Hall–Kier alpha value is -2.38. The second kappa shape index (κ2) is 11.4. The van der Waals surface area contributed by atoms with Crippen molar-refractivity contribution in [1.82, 2.24) is 16.0 Å². The van der Waals surface area contributed by atoms with Gasteiger partial charge in [0, 0.05) is 26.2 Å². The Bertz CT molecular complexity index is 631. The van der Waals surface area contributed by atoms with E-state index in [1.54, 1.807) is 20.8 Å². The number of halogens is 2. The van der Waals surface area contributed by atoms with Crippen LogP contribution < -0.4 is 16.0 Å². The van der Waals surface area contributed by atoms with Gasteiger partial charge in [0.05, 0.1) is 0 Å². The number of hydrogen-bond acceptors (Lipinski definition) is 3. The fraction of sp³-hybridized carbons (Fsp3) is 0.579. The number of carbonyl (C=O) groups excluding carboxylic acids is 1. The molecule has 0 radical (unpaired) electrons. The molecule has 152 valence electrons. The predicted molar refractivity (Wildman–Crippen MR) is 103 cm³/mol. The van der Waals surface area contributed by atoms with Gasteiger partial charge in [0.2, 0.25) is 0 Å². The van der Waals surface area contributed by atoms with Crippen molar-refractivity contribution in [2.75, 3.05) is 26.2 Å². The van der Waals surface area contributed by atoms with E-state index in [1.807, 2.05) is 6.92 Å². The van der Waals surface area contributed by atoms with E-state index in [0.29, 0.717) is 50.5 Å². The summed E-state index contributed by atoms with van der Waals surface area (Å²) < 4.78 is 31.9. The highest BCUT2D eigenvalue weighted by Gasteiger charge is 2.15. The second-order valence-electron chi connectivity index (χ2n) is 6.96. The maximum atomic E-state index is 13.6. The third kappa shape index (κ3) is 10.4. The Labute approximate surface area is 159 Å². The molecule has 0 spiro atoms. The number of rotatable bonds is 8. The van der Waals surface area contributed by atoms with E-state index >= 15 is 0 Å². The lowest BCUT2D eigenvalue weighted by Crippen LogP contribution is -2.38. The summed E-state index contributed by atoms with van der Waals surface area (Å²) in [5.41, 5.74) is -0.203. The summed E-state index contributed by atoms with van der Waals surface area (Å²) in [6.45, 7) is 9.40. The summed E-state index contributed by atoms with van der Waals surface area (Å²) in [6, 6.07) is 3.42. The molecule has 27 heavy (non-hydrogen) atoms. The Balaban J connectivity index is 2.35. The lowest BCUT2D eigenvalue weighted by atomic mass is 10.1. The average Bonchev–Trinajstić information content (AvgIpc) is 2.56. The number of nitrogens with zero attached hydrogens (tertiary/aromatic N) is 1. The first-order chi connectivity index (χ1) is 12.7. The van der Waals surface area contributed by atoms with Crippen LogP contribution in [0.5, 0.6) is 0 Å². The van der Waals surface area contributed by atoms with Gasteiger partial charge >= 0.3 is 6.09 Å². The Kier molecular flexibility index (Phi) is 9.53. The number of guanidine groups is 1. The molecule has 0 unspecified atom stereocenters. The zero-order valence-corrected chi connectivity index (χ0v) is 16.5. The lowest BCUT2D eigenvalue weighted by molar-refractivity contribution is 0.0527. The van der Waals surface area contributed by atoms with Crippen LogP contribution in [0.4, 0.5) is 13.6 Å². The predicted octanol–water partition coefficient (Wildman–Crippen LogP) is 2.98. The average molecular weight is 384 g/mol. The summed E-state index contributed by atoms with van der Waals surface area (Å²) in [5, 5.41) is 8.84. The van der Waals surface area contributed by atoms with Crippen molar-refractivity contribution >= 4 is 12.1 Å². The summed E-state index contributed by atoms with van der Waals surface area (Å²) in [6.07, 6.45) is 0.538. The fourth-order valence-electron chi connectivity index (χ4n) is 2.17. The molecule has 6 nitrogen and oxygen atoms in total. The smallest absolute Gasteiger partial charge is 0.407 e. The summed E-state index contributed by atoms with van der Waals surface area (Å²) in [5.74, 6) is -0.288. The highest BCUT2D eigenvalue weighted by atomic mass is 19.1. The Morgan fingerprint density at radius 1 is 1.15 bits per heavy atom. The van der Waals surface area contributed by atoms with Crippen LogP contribution in [0, 0.1) is 11.6 Å². The van der Waals surface area contributed by atoms with E-state index in [1.165, 1.54) is 6.07 Å². The molecule has 0 atom stereocenters. The first-order valence-electron chi connectivity index (χ1n) is 9.14. The molecule has 0 saturated heterocycles. The standard InChI is InChI=1S/C19H30F2N4O2/c1-5-22-17(23-10-6-11-25-18(26)27-19(2,3)4)24-12-9-14-13-15(20)7-8-16(14)21/h7-8,13H,5-6,9-12H2,1-4H3,(H,25,26)(H2,22,23,24). The molecule has 8 heteroatoms. The van der Waals surface area contributed by atoms with Crippen molar-refractivity contribution in [3.63, 3.8) is 0 Å². The monoisotopic (exact) mass is 384 g/mol. The quantitative estimate of drug-likeness (QED) is 0.366. The molecule has 0 bridgehead atoms. The molecule has 1 rings (SSSR count). The maximum absolute atomic E-state index is 13.6. The van der Waals surface area contributed by atoms with E-state index in [9.17, 15) is 13.6 Å². The normalized spacial score (nSPS) is 11.9. The van der Waals surface area contributed by atoms with E-state index in [2.05, 4.69) is 20.9 Å². The number of carbonyl (C=O) groups is 1. The van der Waals surface area contributed by atoms with Crippen molar-refractivity contribution in [2.24, 2.45) is 4.99 Å². The molecule has 0 fully saturated rings. The van der Waals surface area contributed by atoms with Crippen molar-refractivity contribution in [1.29, 1.82) is 0 Å². The SMILES string of the molecule is CCNC(=NCCCNC(=O)OC(C)(C)C)NCCc1cc(F)ccc1F. The van der Waals surface area contributed by atoms with E-state index < -0.39 is 23.3 Å². The molecule has 0 heterocycles. The molecular formula is C19H30F2N4O2. The van der Waals surface area contributed by atoms with Gasteiger partial charge < -0.3 is 20.7 Å². The zero-order chi connectivity index (χ0) is 20.3. The van der Waals surface area contributed by atoms with Crippen LogP contribution >= 0.6 is 0 Å². The van der Waals surface area contributed by atoms with Gasteiger partial charge in [-0.15, -0.1) is 0 Å². The number of aliphatic imine (C=N–C) groups is 1. The number of alkyl carbamates (subject to hydrolysis) is 1. The second-order valence-corrected chi connectivity index (χ2v) is 6.96.